The van der Waals surface area contributed by atoms with Crippen LogP contribution in [-0.2, 0) is 19.4 Å². The van der Waals surface area contributed by atoms with Gasteiger partial charge in [-0.3, -0.25) is 0 Å². The van der Waals surface area contributed by atoms with Crippen LogP contribution in [0.5, 0.6) is 11.5 Å². The van der Waals surface area contributed by atoms with Crippen LogP contribution < -0.4 is 10.1 Å². The Morgan fingerprint density at radius 1 is 0.886 bits per heavy atom. The summed E-state index contributed by atoms with van der Waals surface area (Å²) in [7, 11) is 0. The van der Waals surface area contributed by atoms with E-state index in [9.17, 15) is 9.90 Å². The van der Waals surface area contributed by atoms with Crippen LogP contribution in [0.1, 0.15) is 39.7 Å². The molecule has 1 heterocycles. The number of hydrogen-bond donors (Lipinski definition) is 3. The number of aryl methyl sites for hydroxylation is 2. The van der Waals surface area contributed by atoms with Gasteiger partial charge in [0.25, 0.3) is 0 Å². The molecule has 35 heavy (non-hydrogen) atoms. The molecule has 0 atom stereocenters. The minimum atomic E-state index is -1.07. The molecular formula is C29H27N3O3. The molecule has 3 N–H and O–H groups in total. The SMILES string of the molecule is CC(=N)c1c(C(=O)O)cc(CCc2ccccc2)nc1NCc1ccc(Oc2ccccc2)cc1. The Kier molecular flexibility index (Phi) is 7.53. The van der Waals surface area contributed by atoms with Gasteiger partial charge in [-0.1, -0.05) is 60.7 Å². The molecule has 0 amide bonds. The highest BCUT2D eigenvalue weighted by atomic mass is 16.5. The summed E-state index contributed by atoms with van der Waals surface area (Å²) in [5.74, 6) is 0.831. The van der Waals surface area contributed by atoms with Crippen LogP contribution in [0.3, 0.4) is 0 Å². The molecular weight excluding hydrogens is 438 g/mol. The van der Waals surface area contributed by atoms with E-state index in [2.05, 4.69) is 5.32 Å². The van der Waals surface area contributed by atoms with Gasteiger partial charge in [0, 0.05) is 18.0 Å². The van der Waals surface area contributed by atoms with Gasteiger partial charge in [0.15, 0.2) is 0 Å². The van der Waals surface area contributed by atoms with E-state index in [0.717, 1.165) is 29.0 Å². The zero-order valence-corrected chi connectivity index (χ0v) is 19.5. The largest absolute Gasteiger partial charge is 0.478 e. The number of carbonyl (C=O) groups is 1. The highest BCUT2D eigenvalue weighted by Crippen LogP contribution is 2.24. The number of carboxylic acids is 1. The highest BCUT2D eigenvalue weighted by Gasteiger charge is 2.19. The fourth-order valence-corrected chi connectivity index (χ4v) is 3.81. The number of pyridine rings is 1. The summed E-state index contributed by atoms with van der Waals surface area (Å²) in [5, 5.41) is 21.3. The van der Waals surface area contributed by atoms with Gasteiger partial charge in [-0.05, 0) is 61.2 Å². The van der Waals surface area contributed by atoms with Crippen molar-refractivity contribution in [1.82, 2.24) is 4.98 Å². The van der Waals surface area contributed by atoms with Gasteiger partial charge in [-0.2, -0.15) is 0 Å². The molecule has 6 heteroatoms. The van der Waals surface area contributed by atoms with Crippen LogP contribution in [0.4, 0.5) is 5.82 Å². The third kappa shape index (κ3) is 6.32. The molecule has 0 unspecified atom stereocenters. The zero-order chi connectivity index (χ0) is 24.6. The first-order valence-corrected chi connectivity index (χ1v) is 11.4. The van der Waals surface area contributed by atoms with E-state index in [1.165, 1.54) is 0 Å². The average molecular weight is 466 g/mol. The maximum atomic E-state index is 12.0. The molecule has 0 aliphatic rings. The van der Waals surface area contributed by atoms with E-state index >= 15 is 0 Å². The highest BCUT2D eigenvalue weighted by molar-refractivity contribution is 6.09. The van der Waals surface area contributed by atoms with E-state index in [4.69, 9.17) is 15.1 Å². The lowest BCUT2D eigenvalue weighted by molar-refractivity contribution is 0.0696. The molecule has 0 saturated heterocycles. The summed E-state index contributed by atoms with van der Waals surface area (Å²) in [6, 6.07) is 28.8. The van der Waals surface area contributed by atoms with Gasteiger partial charge < -0.3 is 20.6 Å². The second-order valence-corrected chi connectivity index (χ2v) is 8.21. The third-order valence-electron chi connectivity index (χ3n) is 5.55. The number of rotatable bonds is 10. The monoisotopic (exact) mass is 465 g/mol. The maximum absolute atomic E-state index is 12.0. The molecule has 4 aromatic rings. The van der Waals surface area contributed by atoms with Crippen molar-refractivity contribution in [2.75, 3.05) is 5.32 Å². The van der Waals surface area contributed by atoms with Gasteiger partial charge in [0.1, 0.15) is 17.3 Å². The molecule has 6 nitrogen and oxygen atoms in total. The minimum absolute atomic E-state index is 0.0877. The number of anilines is 1. The Balaban J connectivity index is 1.52. The topological polar surface area (TPSA) is 95.3 Å². The quantitative estimate of drug-likeness (QED) is 0.237. The predicted octanol–water partition coefficient (Wildman–Crippen LogP) is 6.36. The van der Waals surface area contributed by atoms with Crippen LogP contribution in [0.25, 0.3) is 0 Å². The first kappa shape index (κ1) is 23.7. The summed E-state index contributed by atoms with van der Waals surface area (Å²) in [6.45, 7) is 2.01. The van der Waals surface area contributed by atoms with Gasteiger partial charge in [0.2, 0.25) is 0 Å². The molecule has 176 valence electrons. The van der Waals surface area contributed by atoms with E-state index in [0.29, 0.717) is 30.0 Å². The first-order chi connectivity index (χ1) is 17.0. The lowest BCUT2D eigenvalue weighted by atomic mass is 10.0. The standard InChI is InChI=1S/C29H27N3O3/c1-20(30)27-26(29(33)34)18-23(15-12-21-8-4-2-5-9-21)32-28(27)31-19-22-13-16-25(17-14-22)35-24-10-6-3-7-11-24/h2-11,13-14,16-18,30H,12,15,19H2,1H3,(H,31,32)(H,33,34). The van der Waals surface area contributed by atoms with Crippen molar-refractivity contribution in [3.63, 3.8) is 0 Å². The molecule has 0 aliphatic carbocycles. The average Bonchev–Trinajstić information content (AvgIpc) is 2.87. The van der Waals surface area contributed by atoms with Crippen LogP contribution in [-0.4, -0.2) is 21.8 Å². The Morgan fingerprint density at radius 2 is 1.51 bits per heavy atom. The Bertz CT molecular complexity index is 1300. The van der Waals surface area contributed by atoms with E-state index in [-0.39, 0.29) is 11.3 Å². The molecule has 0 aliphatic heterocycles. The molecule has 3 aromatic carbocycles. The smallest absolute Gasteiger partial charge is 0.336 e. The number of carboxylic acid groups (broad SMARTS) is 1. The predicted molar refractivity (Wildman–Crippen MR) is 138 cm³/mol. The van der Waals surface area contributed by atoms with Crippen molar-refractivity contribution in [2.24, 2.45) is 0 Å². The molecule has 0 saturated carbocycles. The number of aromatic carboxylic acids is 1. The Morgan fingerprint density at radius 3 is 2.14 bits per heavy atom. The number of aromatic nitrogens is 1. The van der Waals surface area contributed by atoms with E-state index in [1.807, 2.05) is 84.9 Å². The number of para-hydroxylation sites is 1. The molecule has 0 radical (unpaired) electrons. The fourth-order valence-electron chi connectivity index (χ4n) is 3.81. The summed E-state index contributed by atoms with van der Waals surface area (Å²) in [4.78, 5) is 16.7. The van der Waals surface area contributed by atoms with Crippen LogP contribution in [0.2, 0.25) is 0 Å². The van der Waals surface area contributed by atoms with Crippen LogP contribution in [0, 0.1) is 5.41 Å². The lowest BCUT2D eigenvalue weighted by Gasteiger charge is -2.15. The summed E-state index contributed by atoms with van der Waals surface area (Å²) < 4.78 is 5.84. The lowest BCUT2D eigenvalue weighted by Crippen LogP contribution is -2.15. The number of benzene rings is 3. The molecule has 0 spiro atoms. The summed E-state index contributed by atoms with van der Waals surface area (Å²) >= 11 is 0. The van der Waals surface area contributed by atoms with Crippen molar-refractivity contribution in [3.8, 4) is 11.5 Å². The zero-order valence-electron chi connectivity index (χ0n) is 19.5. The van der Waals surface area contributed by atoms with Gasteiger partial charge >= 0.3 is 5.97 Å². The molecule has 1 aromatic heterocycles. The van der Waals surface area contributed by atoms with Crippen LogP contribution in [0.15, 0.2) is 91.0 Å². The van der Waals surface area contributed by atoms with Crippen molar-refractivity contribution >= 4 is 17.5 Å². The van der Waals surface area contributed by atoms with E-state index < -0.39 is 5.97 Å². The molecule has 0 fully saturated rings. The van der Waals surface area contributed by atoms with E-state index in [1.54, 1.807) is 13.0 Å². The molecule has 4 rings (SSSR count). The first-order valence-electron chi connectivity index (χ1n) is 11.4. The number of nitrogens with zero attached hydrogens (tertiary/aromatic N) is 1. The fraction of sp³-hybridized carbons (Fsp3) is 0.138. The van der Waals surface area contributed by atoms with Crippen molar-refractivity contribution in [2.45, 2.75) is 26.3 Å². The number of nitrogens with one attached hydrogen (secondary N) is 2. The normalized spacial score (nSPS) is 10.5. The van der Waals surface area contributed by atoms with Crippen molar-refractivity contribution < 1.29 is 14.6 Å². The molecule has 0 bridgehead atoms. The Labute approximate surface area is 204 Å². The van der Waals surface area contributed by atoms with Gasteiger partial charge in [0.05, 0.1) is 11.1 Å². The third-order valence-corrected chi connectivity index (χ3v) is 5.55. The number of hydrogen-bond acceptors (Lipinski definition) is 5. The van der Waals surface area contributed by atoms with Gasteiger partial charge in [-0.15, -0.1) is 0 Å². The maximum Gasteiger partial charge on any atom is 0.336 e. The second kappa shape index (κ2) is 11.1. The summed E-state index contributed by atoms with van der Waals surface area (Å²) in [6.07, 6.45) is 1.35. The van der Waals surface area contributed by atoms with Crippen molar-refractivity contribution in [3.05, 3.63) is 119 Å². The second-order valence-electron chi connectivity index (χ2n) is 8.21. The van der Waals surface area contributed by atoms with Crippen LogP contribution >= 0.6 is 0 Å². The van der Waals surface area contributed by atoms with Gasteiger partial charge in [-0.25, -0.2) is 9.78 Å². The number of ether oxygens (including phenoxy) is 1. The Hall–Kier alpha value is -4.45. The van der Waals surface area contributed by atoms with Crippen molar-refractivity contribution in [1.29, 1.82) is 5.41 Å². The minimum Gasteiger partial charge on any atom is -0.478 e. The summed E-state index contributed by atoms with van der Waals surface area (Å²) in [5.41, 5.74) is 3.36.